The number of aromatic nitrogens is 2. The smallest absolute Gasteiger partial charge is 0.157 e. The van der Waals surface area contributed by atoms with E-state index < -0.39 is 22.0 Å². The second kappa shape index (κ2) is 4.30. The van der Waals surface area contributed by atoms with Crippen molar-refractivity contribution in [2.75, 3.05) is 11.5 Å². The fraction of sp³-hybridized carbons (Fsp3) is 0.700. The molecule has 1 aromatic heterocycles. The highest BCUT2D eigenvalue weighted by Gasteiger charge is 2.38. The van der Waals surface area contributed by atoms with Crippen molar-refractivity contribution < 1.29 is 18.3 Å². The molecule has 0 aromatic carbocycles. The Kier molecular flexibility index (Phi) is 3.13. The van der Waals surface area contributed by atoms with Crippen LogP contribution in [0.4, 0.5) is 0 Å². The molecule has 7 heteroatoms. The molecule has 0 spiro atoms. The lowest BCUT2D eigenvalue weighted by atomic mass is 10.2. The third-order valence-electron chi connectivity index (χ3n) is 2.67. The van der Waals surface area contributed by atoms with Crippen LogP contribution >= 0.6 is 0 Å². The highest BCUT2D eigenvalue weighted by Crippen LogP contribution is 2.20. The van der Waals surface area contributed by atoms with Crippen LogP contribution < -0.4 is 4.74 Å². The molecule has 0 bridgehead atoms. The monoisotopic (exact) mass is 260 g/mol. The van der Waals surface area contributed by atoms with Crippen molar-refractivity contribution in [2.24, 2.45) is 0 Å². The highest BCUT2D eigenvalue weighted by atomic mass is 32.2. The van der Waals surface area contributed by atoms with Gasteiger partial charge in [-0.3, -0.25) is 4.68 Å². The van der Waals surface area contributed by atoms with E-state index in [9.17, 15) is 13.5 Å². The Morgan fingerprint density at radius 1 is 1.53 bits per heavy atom. The highest BCUT2D eigenvalue weighted by molar-refractivity contribution is 7.91. The fourth-order valence-corrected chi connectivity index (χ4v) is 3.41. The number of ether oxygens (including phenoxy) is 1. The Morgan fingerprint density at radius 2 is 2.24 bits per heavy atom. The largest absolute Gasteiger partial charge is 0.483 e. The quantitative estimate of drug-likeness (QED) is 0.827. The minimum absolute atomic E-state index is 0.138. The second-order valence-corrected chi connectivity index (χ2v) is 6.70. The molecule has 1 aliphatic heterocycles. The molecule has 1 N–H and O–H groups in total. The average Bonchev–Trinajstić information content (AvgIpc) is 2.72. The van der Waals surface area contributed by atoms with Crippen molar-refractivity contribution in [3.05, 3.63) is 12.4 Å². The van der Waals surface area contributed by atoms with E-state index in [2.05, 4.69) is 5.10 Å². The summed E-state index contributed by atoms with van der Waals surface area (Å²) in [5.41, 5.74) is 0. The van der Waals surface area contributed by atoms with Crippen LogP contribution in [0.3, 0.4) is 0 Å². The number of rotatable bonds is 3. The van der Waals surface area contributed by atoms with E-state index in [1.165, 1.54) is 6.20 Å². The van der Waals surface area contributed by atoms with Crippen LogP contribution in [0.5, 0.6) is 5.75 Å². The van der Waals surface area contributed by atoms with Gasteiger partial charge in [0.2, 0.25) is 0 Å². The summed E-state index contributed by atoms with van der Waals surface area (Å²) in [6, 6.07) is 0.213. The van der Waals surface area contributed by atoms with Crippen molar-refractivity contribution in [3.8, 4) is 5.75 Å². The maximum atomic E-state index is 11.3. The van der Waals surface area contributed by atoms with Crippen LogP contribution in [-0.4, -0.2) is 47.0 Å². The van der Waals surface area contributed by atoms with Gasteiger partial charge in [-0.15, -0.1) is 0 Å². The molecule has 0 radical (unpaired) electrons. The van der Waals surface area contributed by atoms with Gasteiger partial charge in [-0.25, -0.2) is 8.42 Å². The molecule has 2 rings (SSSR count). The zero-order valence-electron chi connectivity index (χ0n) is 9.78. The standard InChI is InChI=1S/C10H16N2O4S/c1-7(2)12-4-8(3-11-12)16-10-6-17(14,15)5-9(10)13/h3-4,7,9-10,13H,5-6H2,1-2H3. The van der Waals surface area contributed by atoms with Gasteiger partial charge in [-0.2, -0.15) is 5.10 Å². The molecular weight excluding hydrogens is 244 g/mol. The van der Waals surface area contributed by atoms with Crippen LogP contribution in [0.1, 0.15) is 19.9 Å². The Hall–Kier alpha value is -1.08. The Labute approximate surface area is 100 Å². The van der Waals surface area contributed by atoms with Crippen LogP contribution in [0.25, 0.3) is 0 Å². The lowest BCUT2D eigenvalue weighted by Gasteiger charge is -2.13. The maximum Gasteiger partial charge on any atom is 0.157 e. The van der Waals surface area contributed by atoms with Crippen LogP contribution in [0.15, 0.2) is 12.4 Å². The molecule has 1 fully saturated rings. The molecule has 1 aliphatic rings. The third kappa shape index (κ3) is 2.78. The second-order valence-electron chi connectivity index (χ2n) is 4.55. The number of aliphatic hydroxyl groups excluding tert-OH is 1. The topological polar surface area (TPSA) is 81.4 Å². The first-order valence-corrected chi connectivity index (χ1v) is 7.29. The Bertz CT molecular complexity index is 494. The van der Waals surface area contributed by atoms with Gasteiger partial charge in [0.1, 0.15) is 12.2 Å². The Balaban J connectivity index is 2.06. The van der Waals surface area contributed by atoms with Gasteiger partial charge < -0.3 is 9.84 Å². The van der Waals surface area contributed by atoms with E-state index >= 15 is 0 Å². The average molecular weight is 260 g/mol. The molecule has 1 aromatic rings. The zero-order chi connectivity index (χ0) is 12.6. The number of aliphatic hydroxyl groups is 1. The van der Waals surface area contributed by atoms with E-state index in [0.29, 0.717) is 5.75 Å². The van der Waals surface area contributed by atoms with E-state index in [1.54, 1.807) is 10.9 Å². The molecule has 2 atom stereocenters. The number of nitrogens with zero attached hydrogens (tertiary/aromatic N) is 2. The number of hydrogen-bond donors (Lipinski definition) is 1. The first-order valence-electron chi connectivity index (χ1n) is 5.47. The summed E-state index contributed by atoms with van der Waals surface area (Å²) in [7, 11) is -3.18. The van der Waals surface area contributed by atoms with Crippen molar-refractivity contribution in [2.45, 2.75) is 32.1 Å². The zero-order valence-corrected chi connectivity index (χ0v) is 10.6. The van der Waals surface area contributed by atoms with Crippen LogP contribution in [0.2, 0.25) is 0 Å². The van der Waals surface area contributed by atoms with E-state index in [4.69, 9.17) is 4.74 Å². The minimum atomic E-state index is -3.18. The van der Waals surface area contributed by atoms with Gasteiger partial charge in [0.15, 0.2) is 15.6 Å². The molecule has 0 amide bonds. The SMILES string of the molecule is CC(C)n1cc(OC2CS(=O)(=O)CC2O)cn1. The number of sulfone groups is 1. The molecule has 0 saturated carbocycles. The van der Waals surface area contributed by atoms with E-state index in [-0.39, 0.29) is 17.5 Å². The molecule has 6 nitrogen and oxygen atoms in total. The van der Waals surface area contributed by atoms with Crippen molar-refractivity contribution in [3.63, 3.8) is 0 Å². The first kappa shape index (κ1) is 12.4. The predicted octanol–water partition coefficient (Wildman–Crippen LogP) is 0.000700. The first-order chi connectivity index (χ1) is 7.87. The molecule has 17 heavy (non-hydrogen) atoms. The summed E-state index contributed by atoms with van der Waals surface area (Å²) in [6.07, 6.45) is 1.58. The fourth-order valence-electron chi connectivity index (χ4n) is 1.75. The molecule has 2 unspecified atom stereocenters. The summed E-state index contributed by atoms with van der Waals surface area (Å²) < 4.78 is 29.7. The third-order valence-corrected chi connectivity index (χ3v) is 4.35. The normalized spacial score (nSPS) is 27.5. The molecule has 96 valence electrons. The van der Waals surface area contributed by atoms with Crippen molar-refractivity contribution in [1.29, 1.82) is 0 Å². The molecule has 1 saturated heterocycles. The lowest BCUT2D eigenvalue weighted by molar-refractivity contribution is 0.0737. The summed E-state index contributed by atoms with van der Waals surface area (Å²) in [5, 5.41) is 13.7. The van der Waals surface area contributed by atoms with Crippen molar-refractivity contribution >= 4 is 9.84 Å². The maximum absolute atomic E-state index is 11.3. The van der Waals surface area contributed by atoms with Gasteiger partial charge >= 0.3 is 0 Å². The lowest BCUT2D eigenvalue weighted by Crippen LogP contribution is -2.29. The summed E-state index contributed by atoms with van der Waals surface area (Å²) in [5.74, 6) is 0.122. The summed E-state index contributed by atoms with van der Waals surface area (Å²) >= 11 is 0. The van der Waals surface area contributed by atoms with Crippen molar-refractivity contribution in [1.82, 2.24) is 9.78 Å². The van der Waals surface area contributed by atoms with Gasteiger partial charge in [0.25, 0.3) is 0 Å². The van der Waals surface area contributed by atoms with Crippen LogP contribution in [-0.2, 0) is 9.84 Å². The summed E-state index contributed by atoms with van der Waals surface area (Å²) in [6.45, 7) is 3.96. The van der Waals surface area contributed by atoms with Gasteiger partial charge in [0.05, 0.1) is 23.9 Å². The summed E-state index contributed by atoms with van der Waals surface area (Å²) in [4.78, 5) is 0. The van der Waals surface area contributed by atoms with E-state index in [1.807, 2.05) is 13.8 Å². The van der Waals surface area contributed by atoms with Gasteiger partial charge in [-0.05, 0) is 13.8 Å². The van der Waals surface area contributed by atoms with Gasteiger partial charge in [-0.1, -0.05) is 0 Å². The predicted molar refractivity (Wildman–Crippen MR) is 61.7 cm³/mol. The molecule has 0 aliphatic carbocycles. The van der Waals surface area contributed by atoms with Crippen LogP contribution in [0, 0.1) is 0 Å². The van der Waals surface area contributed by atoms with Gasteiger partial charge in [0, 0.05) is 6.04 Å². The van der Waals surface area contributed by atoms with E-state index in [0.717, 1.165) is 0 Å². The minimum Gasteiger partial charge on any atom is -0.483 e. The molecule has 2 heterocycles. The molecular formula is C10H16N2O4S. The number of hydrogen-bond acceptors (Lipinski definition) is 5. The Morgan fingerprint density at radius 3 is 2.71 bits per heavy atom.